The lowest BCUT2D eigenvalue weighted by Crippen LogP contribution is -1.97. The van der Waals surface area contributed by atoms with E-state index in [0.29, 0.717) is 0 Å². The summed E-state index contributed by atoms with van der Waals surface area (Å²) in [7, 11) is 3.25. The van der Waals surface area contributed by atoms with Gasteiger partial charge < -0.3 is 9.47 Å². The minimum atomic E-state index is 0.995. The average molecular weight is 457 g/mol. The zero-order chi connectivity index (χ0) is 23.8. The molecule has 196 valence electrons. The normalized spacial score (nSPS) is 10.9. The summed E-state index contributed by atoms with van der Waals surface area (Å²) in [6.07, 6.45) is 34.1. The Morgan fingerprint density at radius 2 is 0.500 bits per heavy atom. The number of ether oxygens (including phenoxy) is 2. The monoisotopic (exact) mass is 456 g/mol. The summed E-state index contributed by atoms with van der Waals surface area (Å²) < 4.78 is 10.1. The first kappa shape index (κ1) is 34.1. The molecule has 0 fully saturated rings. The summed E-state index contributed by atoms with van der Waals surface area (Å²) in [5, 5.41) is 0. The Morgan fingerprint density at radius 3 is 0.719 bits per heavy atom. The maximum atomic E-state index is 5.82. The van der Waals surface area contributed by atoms with E-state index in [9.17, 15) is 0 Å². The highest BCUT2D eigenvalue weighted by Crippen LogP contribution is 2.13. The van der Waals surface area contributed by atoms with E-state index >= 15 is 0 Å². The Kier molecular flexibility index (Phi) is 37.8. The van der Waals surface area contributed by atoms with Crippen LogP contribution in [0.2, 0.25) is 0 Å². The number of methoxy groups -OCH3 is 1. The van der Waals surface area contributed by atoms with Gasteiger partial charge in [0.05, 0.1) is 0 Å². The van der Waals surface area contributed by atoms with Gasteiger partial charge in [-0.05, 0) is 12.8 Å². The fourth-order valence-electron chi connectivity index (χ4n) is 4.19. The first-order valence-corrected chi connectivity index (χ1v) is 14.8. The number of hydrogen-bond acceptors (Lipinski definition) is 2. The Morgan fingerprint density at radius 1 is 0.312 bits per heavy atom. The molecular formula is C30H64O2. The van der Waals surface area contributed by atoms with Crippen LogP contribution in [0.15, 0.2) is 0 Å². The standard InChI is InChI=1S/C28H58O.C2H6O/c1-3-5-7-9-11-13-15-17-19-21-23-25-27-29-28-26-24-22-20-18-16-14-12-10-8-6-4-2;1-3-2/h3-28H2,1-2H3;1-2H3. The third kappa shape index (κ3) is 37.2. The van der Waals surface area contributed by atoms with Crippen LogP contribution in [0.3, 0.4) is 0 Å². The summed E-state index contributed by atoms with van der Waals surface area (Å²) in [4.78, 5) is 0. The van der Waals surface area contributed by atoms with Crippen molar-refractivity contribution in [3.8, 4) is 0 Å². The number of unbranched alkanes of at least 4 members (excludes halogenated alkanes) is 22. The molecule has 2 nitrogen and oxygen atoms in total. The Labute approximate surface area is 205 Å². The molecule has 32 heavy (non-hydrogen) atoms. The maximum absolute atomic E-state index is 5.82. The van der Waals surface area contributed by atoms with E-state index < -0.39 is 0 Å². The summed E-state index contributed by atoms with van der Waals surface area (Å²) in [5.41, 5.74) is 0. The third-order valence-electron chi connectivity index (χ3n) is 6.28. The molecule has 0 bridgehead atoms. The first-order chi connectivity index (χ1) is 15.8. The Bertz CT molecular complexity index is 254. The lowest BCUT2D eigenvalue weighted by Gasteiger charge is -2.05. The minimum Gasteiger partial charge on any atom is -0.388 e. The molecule has 0 saturated carbocycles. The quantitative estimate of drug-likeness (QED) is 0.120. The molecule has 0 heterocycles. The molecular weight excluding hydrogens is 392 g/mol. The molecule has 0 aromatic heterocycles. The average Bonchev–Trinajstić information content (AvgIpc) is 2.79. The van der Waals surface area contributed by atoms with Crippen molar-refractivity contribution >= 4 is 0 Å². The molecule has 2 heteroatoms. The predicted octanol–water partition coefficient (Wildman–Crippen LogP) is 10.7. The van der Waals surface area contributed by atoms with E-state index in [2.05, 4.69) is 18.6 Å². The van der Waals surface area contributed by atoms with Crippen LogP contribution < -0.4 is 0 Å². The Hall–Kier alpha value is -0.0800. The highest BCUT2D eigenvalue weighted by atomic mass is 16.5. The molecule has 0 saturated heterocycles. The predicted molar refractivity (Wildman–Crippen MR) is 146 cm³/mol. The molecule has 0 aliphatic heterocycles. The van der Waals surface area contributed by atoms with Crippen LogP contribution in [0.4, 0.5) is 0 Å². The van der Waals surface area contributed by atoms with E-state index in [1.165, 1.54) is 154 Å². The fraction of sp³-hybridized carbons (Fsp3) is 1.00. The molecule has 0 rings (SSSR count). The van der Waals surface area contributed by atoms with Crippen LogP contribution in [0.1, 0.15) is 168 Å². The lowest BCUT2D eigenvalue weighted by atomic mass is 10.1. The van der Waals surface area contributed by atoms with Crippen LogP contribution >= 0.6 is 0 Å². The highest BCUT2D eigenvalue weighted by Gasteiger charge is 1.96. The van der Waals surface area contributed by atoms with Gasteiger partial charge in [-0.3, -0.25) is 0 Å². The van der Waals surface area contributed by atoms with Gasteiger partial charge in [0.2, 0.25) is 0 Å². The van der Waals surface area contributed by atoms with Gasteiger partial charge in [0.15, 0.2) is 0 Å². The van der Waals surface area contributed by atoms with Crippen molar-refractivity contribution in [3.05, 3.63) is 0 Å². The first-order valence-electron chi connectivity index (χ1n) is 14.8. The van der Waals surface area contributed by atoms with E-state index in [0.717, 1.165) is 13.2 Å². The van der Waals surface area contributed by atoms with Crippen LogP contribution in [-0.4, -0.2) is 27.4 Å². The molecule has 0 aliphatic carbocycles. The summed E-state index contributed by atoms with van der Waals surface area (Å²) in [6.45, 7) is 6.58. The summed E-state index contributed by atoms with van der Waals surface area (Å²) in [5.74, 6) is 0. The van der Waals surface area contributed by atoms with Gasteiger partial charge >= 0.3 is 0 Å². The van der Waals surface area contributed by atoms with Gasteiger partial charge in [0, 0.05) is 27.4 Å². The molecule has 0 aliphatic rings. The lowest BCUT2D eigenvalue weighted by molar-refractivity contribution is 0.125. The van der Waals surface area contributed by atoms with Crippen molar-refractivity contribution < 1.29 is 9.47 Å². The molecule has 0 amide bonds. The maximum Gasteiger partial charge on any atom is 0.0466 e. The second-order valence-electron chi connectivity index (χ2n) is 9.80. The van der Waals surface area contributed by atoms with Crippen LogP contribution in [0.25, 0.3) is 0 Å². The zero-order valence-electron chi connectivity index (χ0n) is 23.2. The largest absolute Gasteiger partial charge is 0.388 e. The summed E-state index contributed by atoms with van der Waals surface area (Å²) >= 11 is 0. The Balaban J connectivity index is 0. The zero-order valence-corrected chi connectivity index (χ0v) is 23.2. The van der Waals surface area contributed by atoms with Crippen molar-refractivity contribution in [2.75, 3.05) is 27.4 Å². The van der Waals surface area contributed by atoms with Crippen molar-refractivity contribution in [1.82, 2.24) is 0 Å². The van der Waals surface area contributed by atoms with Crippen LogP contribution in [0.5, 0.6) is 0 Å². The van der Waals surface area contributed by atoms with E-state index in [1.54, 1.807) is 14.2 Å². The molecule has 0 aromatic carbocycles. The molecule has 0 spiro atoms. The van der Waals surface area contributed by atoms with E-state index in [1.807, 2.05) is 0 Å². The van der Waals surface area contributed by atoms with E-state index in [-0.39, 0.29) is 0 Å². The van der Waals surface area contributed by atoms with Crippen molar-refractivity contribution in [2.24, 2.45) is 0 Å². The van der Waals surface area contributed by atoms with Crippen LogP contribution in [0, 0.1) is 0 Å². The third-order valence-corrected chi connectivity index (χ3v) is 6.28. The summed E-state index contributed by atoms with van der Waals surface area (Å²) in [6, 6.07) is 0. The second kappa shape index (κ2) is 35.5. The van der Waals surface area contributed by atoms with Gasteiger partial charge in [0.1, 0.15) is 0 Å². The van der Waals surface area contributed by atoms with Gasteiger partial charge in [-0.1, -0.05) is 155 Å². The van der Waals surface area contributed by atoms with Gasteiger partial charge in [-0.15, -0.1) is 0 Å². The van der Waals surface area contributed by atoms with Crippen LogP contribution in [-0.2, 0) is 9.47 Å². The molecule has 0 atom stereocenters. The van der Waals surface area contributed by atoms with Gasteiger partial charge in [0.25, 0.3) is 0 Å². The highest BCUT2D eigenvalue weighted by molar-refractivity contribution is 4.50. The SMILES string of the molecule is CCCCCCCCCCCCCCOCCCCCCCCCCCCCC.COC. The minimum absolute atomic E-state index is 0.995. The fourth-order valence-corrected chi connectivity index (χ4v) is 4.19. The smallest absolute Gasteiger partial charge is 0.0466 e. The van der Waals surface area contributed by atoms with Crippen molar-refractivity contribution in [2.45, 2.75) is 168 Å². The van der Waals surface area contributed by atoms with Gasteiger partial charge in [-0.2, -0.15) is 0 Å². The van der Waals surface area contributed by atoms with E-state index in [4.69, 9.17) is 4.74 Å². The molecule has 0 aromatic rings. The number of hydrogen-bond donors (Lipinski definition) is 0. The van der Waals surface area contributed by atoms with Crippen molar-refractivity contribution in [3.63, 3.8) is 0 Å². The van der Waals surface area contributed by atoms with Crippen molar-refractivity contribution in [1.29, 1.82) is 0 Å². The second-order valence-corrected chi connectivity index (χ2v) is 9.80. The van der Waals surface area contributed by atoms with Gasteiger partial charge in [-0.25, -0.2) is 0 Å². The molecule has 0 N–H and O–H groups in total. The topological polar surface area (TPSA) is 18.5 Å². The number of rotatable bonds is 26. The molecule has 0 unspecified atom stereocenters. The molecule has 0 radical (unpaired) electrons.